The highest BCUT2D eigenvalue weighted by Gasteiger charge is 2.33. The zero-order valence-electron chi connectivity index (χ0n) is 25.3. The first kappa shape index (κ1) is 29.9. The predicted molar refractivity (Wildman–Crippen MR) is 167 cm³/mol. The molecule has 1 aliphatic heterocycles. The molecule has 11 nitrogen and oxygen atoms in total. The van der Waals surface area contributed by atoms with Crippen molar-refractivity contribution in [1.29, 1.82) is 0 Å². The number of nitrogens with two attached hydrogens (primary N) is 1. The summed E-state index contributed by atoms with van der Waals surface area (Å²) < 4.78 is 10.8. The van der Waals surface area contributed by atoms with E-state index in [2.05, 4.69) is 16.0 Å². The Balaban J connectivity index is 1.41. The number of nitrogen functional groups attached to an aromatic ring is 1. The molecule has 1 fully saturated rings. The maximum absolute atomic E-state index is 13.9. The van der Waals surface area contributed by atoms with E-state index in [9.17, 15) is 9.59 Å². The van der Waals surface area contributed by atoms with Gasteiger partial charge in [-0.25, -0.2) is 9.78 Å². The zero-order chi connectivity index (χ0) is 30.6. The lowest BCUT2D eigenvalue weighted by molar-refractivity contribution is 0.0488. The molecule has 2 atom stereocenters. The van der Waals surface area contributed by atoms with E-state index >= 15 is 0 Å². The molecule has 0 unspecified atom stereocenters. The summed E-state index contributed by atoms with van der Waals surface area (Å²) in [6.07, 6.45) is 3.81. The van der Waals surface area contributed by atoms with Gasteiger partial charge in [0.25, 0.3) is 5.91 Å². The summed E-state index contributed by atoms with van der Waals surface area (Å²) in [7, 11) is 1.63. The second kappa shape index (κ2) is 12.8. The highest BCUT2D eigenvalue weighted by atomic mass is 16.6. The Morgan fingerprint density at radius 3 is 2.51 bits per heavy atom. The number of aromatic nitrogens is 2. The van der Waals surface area contributed by atoms with Crippen molar-refractivity contribution < 1.29 is 19.1 Å². The molecule has 5 rings (SSSR count). The Kier molecular flexibility index (Phi) is 8.89. The third-order valence-electron chi connectivity index (χ3n) is 7.57. The largest absolute Gasteiger partial charge is 0.497 e. The van der Waals surface area contributed by atoms with Crippen LogP contribution in [0, 0.1) is 0 Å². The topological polar surface area (TPSA) is 144 Å². The third kappa shape index (κ3) is 7.65. The maximum atomic E-state index is 13.9. The van der Waals surface area contributed by atoms with Crippen molar-refractivity contribution in [2.24, 2.45) is 0 Å². The van der Waals surface area contributed by atoms with Crippen LogP contribution in [0.15, 0.2) is 48.5 Å². The first-order valence-corrected chi connectivity index (χ1v) is 14.8. The number of fused-ring (bicyclic) bond motifs is 1. The van der Waals surface area contributed by atoms with Crippen molar-refractivity contribution >= 4 is 35.1 Å². The molecule has 0 spiro atoms. The summed E-state index contributed by atoms with van der Waals surface area (Å²) in [5.41, 5.74) is 8.89. The van der Waals surface area contributed by atoms with Gasteiger partial charge in [0.15, 0.2) is 0 Å². The normalized spacial score (nSPS) is 18.4. The van der Waals surface area contributed by atoms with Gasteiger partial charge in [-0.15, -0.1) is 0 Å². The number of anilines is 4. The lowest BCUT2D eigenvalue weighted by atomic mass is 9.90. The number of carbonyl (C=O) groups is 2. The van der Waals surface area contributed by atoms with E-state index in [-0.39, 0.29) is 18.0 Å². The minimum absolute atomic E-state index is 0.0922. The fourth-order valence-electron chi connectivity index (χ4n) is 5.52. The van der Waals surface area contributed by atoms with Gasteiger partial charge in [-0.2, -0.15) is 4.98 Å². The van der Waals surface area contributed by atoms with Gasteiger partial charge in [-0.05, 0) is 69.5 Å². The van der Waals surface area contributed by atoms with Crippen LogP contribution < -0.4 is 26.4 Å². The van der Waals surface area contributed by atoms with Crippen LogP contribution in [0.25, 0.3) is 0 Å². The number of amides is 2. The van der Waals surface area contributed by atoms with Crippen molar-refractivity contribution in [2.75, 3.05) is 30.0 Å². The summed E-state index contributed by atoms with van der Waals surface area (Å²) in [6.45, 7) is 6.52. The van der Waals surface area contributed by atoms with Crippen molar-refractivity contribution in [2.45, 2.75) is 77.1 Å². The number of nitrogens with one attached hydrogen (secondary N) is 3. The molecular formula is C32H41N7O4. The molecule has 1 aliphatic carbocycles. The molecule has 3 aromatic rings. The number of methoxy groups -OCH3 is 1. The number of benzene rings is 2. The van der Waals surface area contributed by atoms with E-state index in [1.165, 1.54) is 0 Å². The molecule has 2 heterocycles. The standard InChI is InChI=1S/C32H41N7O4/c1-32(2,3)43-31(41)37-25-11-6-5-10-24(25)35-30-36-26-16-17-39(19-20-12-14-23(42-4)15-13-20)29(40)27(26)28(38-30)34-22-9-7-8-21(33)18-22/h7-9,12-15,18,24-25H,5-6,10-11,16-17,19,33H2,1-4H3,(H,37,41)(H2,34,35,36,38)/t24-,25+/m1/s1. The van der Waals surface area contributed by atoms with Crippen LogP contribution in [0.4, 0.5) is 27.9 Å². The summed E-state index contributed by atoms with van der Waals surface area (Å²) in [4.78, 5) is 37.9. The molecule has 1 saturated carbocycles. The molecule has 11 heteroatoms. The van der Waals surface area contributed by atoms with Crippen LogP contribution in [0.3, 0.4) is 0 Å². The fraction of sp³-hybridized carbons (Fsp3) is 0.438. The van der Waals surface area contributed by atoms with Crippen LogP contribution >= 0.6 is 0 Å². The molecule has 0 radical (unpaired) electrons. The number of hydrogen-bond donors (Lipinski definition) is 4. The van der Waals surface area contributed by atoms with Crippen LogP contribution in [0.5, 0.6) is 5.75 Å². The quantitative estimate of drug-likeness (QED) is 0.260. The Bertz CT molecular complexity index is 1460. The number of nitrogens with zero attached hydrogens (tertiary/aromatic N) is 3. The van der Waals surface area contributed by atoms with Gasteiger partial charge >= 0.3 is 6.09 Å². The van der Waals surface area contributed by atoms with Gasteiger partial charge in [0.05, 0.1) is 18.8 Å². The van der Waals surface area contributed by atoms with E-state index < -0.39 is 11.7 Å². The third-order valence-corrected chi connectivity index (χ3v) is 7.57. The van der Waals surface area contributed by atoms with E-state index in [0.717, 1.165) is 37.0 Å². The molecule has 2 amide bonds. The van der Waals surface area contributed by atoms with Crippen molar-refractivity contribution in [1.82, 2.24) is 20.2 Å². The molecule has 5 N–H and O–H groups in total. The molecule has 0 bridgehead atoms. The van der Waals surface area contributed by atoms with Gasteiger partial charge in [0.1, 0.15) is 22.7 Å². The monoisotopic (exact) mass is 587 g/mol. The number of hydrogen-bond acceptors (Lipinski definition) is 9. The molecule has 43 heavy (non-hydrogen) atoms. The first-order valence-electron chi connectivity index (χ1n) is 14.8. The fourth-order valence-corrected chi connectivity index (χ4v) is 5.52. The Labute approximate surface area is 252 Å². The lowest BCUT2D eigenvalue weighted by Gasteiger charge is -2.34. The summed E-state index contributed by atoms with van der Waals surface area (Å²) in [5.74, 6) is 1.44. The van der Waals surface area contributed by atoms with Crippen LogP contribution in [-0.2, 0) is 17.7 Å². The number of rotatable bonds is 8. The molecule has 2 aliphatic rings. The van der Waals surface area contributed by atoms with E-state index in [1.54, 1.807) is 19.2 Å². The predicted octanol–water partition coefficient (Wildman–Crippen LogP) is 5.26. The number of ether oxygens (including phenoxy) is 2. The number of alkyl carbamates (subject to hydrolysis) is 1. The average Bonchev–Trinajstić information content (AvgIpc) is 2.95. The van der Waals surface area contributed by atoms with Gasteiger partial charge in [0.2, 0.25) is 5.95 Å². The van der Waals surface area contributed by atoms with E-state index in [4.69, 9.17) is 25.2 Å². The Morgan fingerprint density at radius 2 is 1.81 bits per heavy atom. The zero-order valence-corrected chi connectivity index (χ0v) is 25.3. The van der Waals surface area contributed by atoms with Gasteiger partial charge < -0.3 is 36.1 Å². The van der Waals surface area contributed by atoms with Crippen molar-refractivity contribution in [3.8, 4) is 5.75 Å². The van der Waals surface area contributed by atoms with E-state index in [0.29, 0.717) is 53.9 Å². The summed E-state index contributed by atoms with van der Waals surface area (Å²) >= 11 is 0. The van der Waals surface area contributed by atoms with Crippen LogP contribution in [0.1, 0.15) is 68.1 Å². The second-order valence-electron chi connectivity index (χ2n) is 12.1. The lowest BCUT2D eigenvalue weighted by Crippen LogP contribution is -2.50. The second-order valence-corrected chi connectivity index (χ2v) is 12.1. The number of carbonyl (C=O) groups excluding carboxylic acids is 2. The van der Waals surface area contributed by atoms with Crippen LogP contribution in [0.2, 0.25) is 0 Å². The SMILES string of the molecule is COc1ccc(CN2CCc3nc(N[C@@H]4CCCC[C@@H]4NC(=O)OC(C)(C)C)nc(Nc4cccc(N)c4)c3C2=O)cc1. The maximum Gasteiger partial charge on any atom is 0.407 e. The average molecular weight is 588 g/mol. The molecule has 1 aromatic heterocycles. The molecule has 0 saturated heterocycles. The minimum atomic E-state index is -0.585. The van der Waals surface area contributed by atoms with Gasteiger partial charge in [-0.3, -0.25) is 4.79 Å². The molecule has 228 valence electrons. The smallest absolute Gasteiger partial charge is 0.407 e. The van der Waals surface area contributed by atoms with Crippen LogP contribution in [-0.4, -0.2) is 58.2 Å². The van der Waals surface area contributed by atoms with Crippen molar-refractivity contribution in [3.05, 3.63) is 65.4 Å². The highest BCUT2D eigenvalue weighted by Crippen LogP contribution is 2.30. The Morgan fingerprint density at radius 1 is 1.07 bits per heavy atom. The summed E-state index contributed by atoms with van der Waals surface area (Å²) in [5, 5.41) is 9.83. The molecule has 2 aromatic carbocycles. The molecular weight excluding hydrogens is 546 g/mol. The highest BCUT2D eigenvalue weighted by molar-refractivity contribution is 6.01. The van der Waals surface area contributed by atoms with Gasteiger partial charge in [-0.1, -0.05) is 31.0 Å². The first-order chi connectivity index (χ1) is 20.6. The minimum Gasteiger partial charge on any atom is -0.497 e. The van der Waals surface area contributed by atoms with Gasteiger partial charge in [0, 0.05) is 36.9 Å². The van der Waals surface area contributed by atoms with Crippen molar-refractivity contribution in [3.63, 3.8) is 0 Å². The summed E-state index contributed by atoms with van der Waals surface area (Å²) in [6, 6.07) is 14.8. The Hall–Kier alpha value is -4.54. The van der Waals surface area contributed by atoms with E-state index in [1.807, 2.05) is 62.1 Å².